The van der Waals surface area contributed by atoms with Gasteiger partial charge in [0.1, 0.15) is 12.4 Å². The summed E-state index contributed by atoms with van der Waals surface area (Å²) in [5, 5.41) is 12.2. The van der Waals surface area contributed by atoms with E-state index in [1.165, 1.54) is 6.07 Å². The molecule has 0 bridgehead atoms. The van der Waals surface area contributed by atoms with Gasteiger partial charge in [0.2, 0.25) is 11.7 Å². The molecule has 0 saturated carbocycles. The molecule has 0 radical (unpaired) electrons. The number of fused-ring (bicyclic) bond motifs is 1. The van der Waals surface area contributed by atoms with E-state index in [0.717, 1.165) is 37.1 Å². The molecule has 22 heavy (non-hydrogen) atoms. The maximum atomic E-state index is 13.7. The van der Waals surface area contributed by atoms with Crippen LogP contribution >= 0.6 is 0 Å². The van der Waals surface area contributed by atoms with Crippen LogP contribution < -0.4 is 0 Å². The van der Waals surface area contributed by atoms with Gasteiger partial charge >= 0.3 is 0 Å². The summed E-state index contributed by atoms with van der Waals surface area (Å²) in [4.78, 5) is 4.26. The van der Waals surface area contributed by atoms with E-state index in [2.05, 4.69) is 20.5 Å². The summed E-state index contributed by atoms with van der Waals surface area (Å²) in [6, 6.07) is 6.37. The largest absolute Gasteiger partial charge is 0.337 e. The number of hydrogen-bond acceptors (Lipinski definition) is 5. The van der Waals surface area contributed by atoms with Crippen LogP contribution in [-0.2, 0) is 19.4 Å². The van der Waals surface area contributed by atoms with E-state index < -0.39 is 0 Å². The third-order valence-corrected chi connectivity index (χ3v) is 3.86. The van der Waals surface area contributed by atoms with Crippen LogP contribution in [-0.4, -0.2) is 25.1 Å². The van der Waals surface area contributed by atoms with Gasteiger partial charge in [-0.15, -0.1) is 5.10 Å². The topological polar surface area (TPSA) is 69.6 Å². The Kier molecular flexibility index (Phi) is 3.17. The molecular formula is C15H14FN5O. The van der Waals surface area contributed by atoms with E-state index in [0.29, 0.717) is 18.0 Å². The molecule has 2 heterocycles. The van der Waals surface area contributed by atoms with Crippen LogP contribution in [0.25, 0.3) is 11.4 Å². The van der Waals surface area contributed by atoms with Crippen molar-refractivity contribution < 1.29 is 8.91 Å². The lowest BCUT2D eigenvalue weighted by molar-refractivity contribution is 0.362. The van der Waals surface area contributed by atoms with Crippen LogP contribution in [0, 0.1) is 5.82 Å². The van der Waals surface area contributed by atoms with Crippen LogP contribution in [0.15, 0.2) is 28.8 Å². The number of nitrogens with zero attached hydrogens (tertiary/aromatic N) is 5. The van der Waals surface area contributed by atoms with Crippen LogP contribution in [0.1, 0.15) is 30.1 Å². The summed E-state index contributed by atoms with van der Waals surface area (Å²) in [5.41, 5.74) is 2.52. The minimum atomic E-state index is -0.368. The zero-order valence-electron chi connectivity index (χ0n) is 11.9. The molecule has 0 spiro atoms. The van der Waals surface area contributed by atoms with E-state index in [9.17, 15) is 4.39 Å². The molecule has 0 fully saturated rings. The van der Waals surface area contributed by atoms with E-state index in [4.69, 9.17) is 4.52 Å². The molecule has 0 unspecified atom stereocenters. The van der Waals surface area contributed by atoms with E-state index in [-0.39, 0.29) is 11.6 Å². The molecule has 112 valence electrons. The minimum absolute atomic E-state index is 0.252. The first kappa shape index (κ1) is 13.1. The highest BCUT2D eigenvalue weighted by Crippen LogP contribution is 2.21. The second kappa shape index (κ2) is 5.32. The Balaban J connectivity index is 1.60. The van der Waals surface area contributed by atoms with Gasteiger partial charge in [-0.2, -0.15) is 4.98 Å². The summed E-state index contributed by atoms with van der Waals surface area (Å²) in [6.07, 6.45) is 4.24. The molecule has 6 nitrogen and oxygen atoms in total. The van der Waals surface area contributed by atoms with Crippen LogP contribution in [0.3, 0.4) is 0 Å². The molecule has 3 aromatic rings. The number of benzene rings is 1. The molecule has 0 saturated heterocycles. The van der Waals surface area contributed by atoms with Gasteiger partial charge in [0.15, 0.2) is 0 Å². The molecule has 0 amide bonds. The van der Waals surface area contributed by atoms with Crippen molar-refractivity contribution >= 4 is 0 Å². The third kappa shape index (κ3) is 2.28. The number of aryl methyl sites for hydroxylation is 1. The van der Waals surface area contributed by atoms with Gasteiger partial charge in [0.25, 0.3) is 0 Å². The zero-order valence-corrected chi connectivity index (χ0v) is 11.9. The van der Waals surface area contributed by atoms with Crippen LogP contribution in [0.5, 0.6) is 0 Å². The Morgan fingerprint density at radius 1 is 1.18 bits per heavy atom. The highest BCUT2D eigenvalue weighted by atomic mass is 19.1. The van der Waals surface area contributed by atoms with Crippen molar-refractivity contribution in [2.75, 3.05) is 0 Å². The maximum absolute atomic E-state index is 13.7. The molecule has 0 aliphatic heterocycles. The second-order valence-electron chi connectivity index (χ2n) is 5.34. The van der Waals surface area contributed by atoms with Gasteiger partial charge in [-0.25, -0.2) is 9.07 Å². The summed E-state index contributed by atoms with van der Waals surface area (Å²) in [6.45, 7) is 0.365. The predicted octanol–water partition coefficient (Wildman–Crippen LogP) is 2.39. The lowest BCUT2D eigenvalue weighted by Gasteiger charge is -2.10. The first-order chi connectivity index (χ1) is 10.8. The van der Waals surface area contributed by atoms with E-state index >= 15 is 0 Å². The Hall–Kier alpha value is -2.57. The Morgan fingerprint density at radius 3 is 2.95 bits per heavy atom. The molecule has 7 heteroatoms. The van der Waals surface area contributed by atoms with Crippen molar-refractivity contribution in [3.05, 3.63) is 47.4 Å². The zero-order chi connectivity index (χ0) is 14.9. The Morgan fingerprint density at radius 2 is 2.05 bits per heavy atom. The number of hydrogen-bond donors (Lipinski definition) is 0. The maximum Gasteiger partial charge on any atom is 0.248 e. The van der Waals surface area contributed by atoms with Crippen molar-refractivity contribution in [1.29, 1.82) is 0 Å². The average Bonchev–Trinajstić information content (AvgIpc) is 3.16. The molecule has 2 aromatic heterocycles. The second-order valence-corrected chi connectivity index (χ2v) is 5.34. The number of rotatable bonds is 3. The van der Waals surface area contributed by atoms with E-state index in [1.54, 1.807) is 22.9 Å². The predicted molar refractivity (Wildman–Crippen MR) is 75.5 cm³/mol. The van der Waals surface area contributed by atoms with Gasteiger partial charge in [-0.05, 0) is 37.8 Å². The fourth-order valence-corrected chi connectivity index (χ4v) is 2.75. The quantitative estimate of drug-likeness (QED) is 0.742. The van der Waals surface area contributed by atoms with Gasteiger partial charge in [-0.3, -0.25) is 0 Å². The van der Waals surface area contributed by atoms with Crippen molar-refractivity contribution in [2.24, 2.45) is 0 Å². The molecule has 4 rings (SSSR count). The van der Waals surface area contributed by atoms with E-state index in [1.807, 2.05) is 0 Å². The highest BCUT2D eigenvalue weighted by molar-refractivity contribution is 5.54. The lowest BCUT2D eigenvalue weighted by Crippen LogP contribution is -2.10. The van der Waals surface area contributed by atoms with Crippen molar-refractivity contribution in [3.63, 3.8) is 0 Å². The third-order valence-electron chi connectivity index (χ3n) is 3.86. The SMILES string of the molecule is Fc1ccccc1-c1noc(Cn2nnc3c2CCCC3)n1. The Labute approximate surface area is 126 Å². The van der Waals surface area contributed by atoms with Crippen LogP contribution in [0.4, 0.5) is 4.39 Å². The van der Waals surface area contributed by atoms with Crippen molar-refractivity contribution in [1.82, 2.24) is 25.1 Å². The molecule has 1 aromatic carbocycles. The molecular weight excluding hydrogens is 285 g/mol. The monoisotopic (exact) mass is 299 g/mol. The summed E-state index contributed by atoms with van der Waals surface area (Å²) < 4.78 is 20.8. The number of aromatic nitrogens is 5. The van der Waals surface area contributed by atoms with Gasteiger partial charge in [-0.1, -0.05) is 22.5 Å². The first-order valence-electron chi connectivity index (χ1n) is 7.30. The Bertz CT molecular complexity index is 810. The van der Waals surface area contributed by atoms with Gasteiger partial charge in [0.05, 0.1) is 17.0 Å². The fourth-order valence-electron chi connectivity index (χ4n) is 2.75. The summed E-state index contributed by atoms with van der Waals surface area (Å²) in [7, 11) is 0. The highest BCUT2D eigenvalue weighted by Gasteiger charge is 2.19. The van der Waals surface area contributed by atoms with Crippen molar-refractivity contribution in [2.45, 2.75) is 32.2 Å². The molecule has 1 aliphatic rings. The minimum Gasteiger partial charge on any atom is -0.337 e. The lowest BCUT2D eigenvalue weighted by atomic mass is 10.0. The van der Waals surface area contributed by atoms with Crippen molar-refractivity contribution in [3.8, 4) is 11.4 Å². The molecule has 1 aliphatic carbocycles. The summed E-state index contributed by atoms with van der Waals surface area (Å²) >= 11 is 0. The van der Waals surface area contributed by atoms with Gasteiger partial charge in [0, 0.05) is 0 Å². The summed E-state index contributed by atoms with van der Waals surface area (Å²) in [5.74, 6) is 0.284. The molecule has 0 atom stereocenters. The normalized spacial score (nSPS) is 14.0. The first-order valence-corrected chi connectivity index (χ1v) is 7.30. The smallest absolute Gasteiger partial charge is 0.248 e. The van der Waals surface area contributed by atoms with Gasteiger partial charge < -0.3 is 4.52 Å². The standard InChI is InChI=1S/C15H14FN5O/c16-11-6-2-1-5-10(11)15-17-14(22-19-15)9-21-13-8-4-3-7-12(13)18-20-21/h1-2,5-6H,3-4,7-9H2. The van der Waals surface area contributed by atoms with Crippen LogP contribution in [0.2, 0.25) is 0 Å². The number of halogens is 1. The average molecular weight is 299 g/mol. The molecule has 0 N–H and O–H groups in total. The fraction of sp³-hybridized carbons (Fsp3) is 0.333.